The van der Waals surface area contributed by atoms with Gasteiger partial charge >= 0.3 is 0 Å². The minimum absolute atomic E-state index is 0.592. The van der Waals surface area contributed by atoms with Gasteiger partial charge in [0.1, 0.15) is 23.8 Å². The topological polar surface area (TPSA) is 57.2 Å². The monoisotopic (exact) mass is 337 g/mol. The van der Waals surface area contributed by atoms with Gasteiger partial charge in [-0.25, -0.2) is 4.98 Å². The van der Waals surface area contributed by atoms with Crippen molar-refractivity contribution in [2.75, 3.05) is 25.3 Å². The van der Waals surface area contributed by atoms with E-state index in [1.54, 1.807) is 16.3 Å². The zero-order valence-electron chi connectivity index (χ0n) is 14.2. The second kappa shape index (κ2) is 6.54. The molecule has 0 radical (unpaired) electrons. The van der Waals surface area contributed by atoms with Gasteiger partial charge in [0.05, 0.1) is 0 Å². The summed E-state index contributed by atoms with van der Waals surface area (Å²) in [4.78, 5) is 7.54. The average molecular weight is 337 g/mol. The predicted octanol–water partition coefficient (Wildman–Crippen LogP) is 3.29. The van der Waals surface area contributed by atoms with E-state index in [-0.39, 0.29) is 0 Å². The van der Waals surface area contributed by atoms with Crippen molar-refractivity contribution in [3.63, 3.8) is 0 Å². The van der Waals surface area contributed by atoms with Crippen molar-refractivity contribution in [2.24, 2.45) is 0 Å². The van der Waals surface area contributed by atoms with Crippen molar-refractivity contribution >= 4 is 23.2 Å². The van der Waals surface area contributed by atoms with Crippen LogP contribution in [0.1, 0.15) is 22.3 Å². The van der Waals surface area contributed by atoms with Crippen LogP contribution in [-0.4, -0.2) is 34.9 Å². The van der Waals surface area contributed by atoms with Crippen LogP contribution >= 0.6 is 11.8 Å². The smallest absolute Gasteiger partial charge is 0.175 e. The van der Waals surface area contributed by atoms with Gasteiger partial charge in [0.15, 0.2) is 5.65 Å². The number of nitrogens with zero attached hydrogens (tertiary/aromatic N) is 5. The molecular weight excluding hydrogens is 318 g/mol. The van der Waals surface area contributed by atoms with E-state index < -0.39 is 0 Å². The molecule has 2 aromatic heterocycles. The van der Waals surface area contributed by atoms with E-state index in [9.17, 15) is 5.26 Å². The van der Waals surface area contributed by atoms with E-state index in [0.29, 0.717) is 11.2 Å². The Bertz CT molecular complexity index is 919. The molecule has 6 heteroatoms. The van der Waals surface area contributed by atoms with Crippen molar-refractivity contribution in [2.45, 2.75) is 18.2 Å². The lowest BCUT2D eigenvalue weighted by Gasteiger charge is -2.21. The maximum Gasteiger partial charge on any atom is 0.175 e. The molecule has 3 aromatic rings. The van der Waals surface area contributed by atoms with Gasteiger partial charge in [0.2, 0.25) is 0 Å². The molecule has 0 amide bonds. The average Bonchev–Trinajstić information content (AvgIpc) is 3.04. The third kappa shape index (κ3) is 2.72. The number of aromatic nitrogens is 3. The minimum Gasteiger partial charge on any atom is -0.362 e. The van der Waals surface area contributed by atoms with Gasteiger partial charge in [-0.1, -0.05) is 12.1 Å². The Morgan fingerprint density at radius 1 is 1.25 bits per heavy atom. The van der Waals surface area contributed by atoms with Crippen LogP contribution in [0.3, 0.4) is 0 Å². The number of pyridine rings is 1. The first-order valence-corrected chi connectivity index (χ1v) is 8.84. The lowest BCUT2D eigenvalue weighted by molar-refractivity contribution is 0.886. The summed E-state index contributed by atoms with van der Waals surface area (Å²) in [6.07, 6.45) is 4.32. The molecule has 0 N–H and O–H groups in total. The highest BCUT2D eigenvalue weighted by molar-refractivity contribution is 7.98. The molecule has 0 fully saturated rings. The highest BCUT2D eigenvalue weighted by atomic mass is 32.2. The lowest BCUT2D eigenvalue weighted by atomic mass is 9.98. The second-order valence-electron chi connectivity index (χ2n) is 5.83. The Morgan fingerprint density at radius 3 is 2.54 bits per heavy atom. The molecule has 122 valence electrons. The van der Waals surface area contributed by atoms with E-state index in [1.807, 2.05) is 25.9 Å². The molecule has 3 rings (SSSR count). The second-order valence-corrected chi connectivity index (χ2v) is 6.71. The van der Waals surface area contributed by atoms with Gasteiger partial charge < -0.3 is 4.90 Å². The molecular formula is C18H19N5S. The number of hydrogen-bond acceptors (Lipinski definition) is 5. The summed E-state index contributed by atoms with van der Waals surface area (Å²) in [6.45, 7) is 1.99. The van der Waals surface area contributed by atoms with Gasteiger partial charge in [0, 0.05) is 31.0 Å². The summed E-state index contributed by atoms with van der Waals surface area (Å²) in [7, 11) is 3.98. The number of anilines is 1. The van der Waals surface area contributed by atoms with Crippen molar-refractivity contribution in [3.8, 4) is 6.07 Å². The fourth-order valence-corrected chi connectivity index (χ4v) is 3.34. The Labute approximate surface area is 145 Å². The van der Waals surface area contributed by atoms with Crippen LogP contribution in [0, 0.1) is 18.3 Å². The quantitative estimate of drug-likeness (QED) is 0.684. The van der Waals surface area contributed by atoms with Gasteiger partial charge in [-0.15, -0.1) is 11.8 Å². The first-order chi connectivity index (χ1) is 11.6. The summed E-state index contributed by atoms with van der Waals surface area (Å²) >= 11 is 1.73. The number of rotatable bonds is 4. The molecule has 0 aliphatic rings. The fourth-order valence-electron chi connectivity index (χ4n) is 2.93. The van der Waals surface area contributed by atoms with Crippen molar-refractivity contribution in [1.82, 2.24) is 14.6 Å². The molecule has 0 atom stereocenters. The summed E-state index contributed by atoms with van der Waals surface area (Å²) in [5, 5.41) is 13.9. The number of fused-ring (bicyclic) bond motifs is 1. The maximum atomic E-state index is 9.58. The maximum absolute atomic E-state index is 9.58. The molecule has 0 unspecified atom stereocenters. The van der Waals surface area contributed by atoms with E-state index >= 15 is 0 Å². The van der Waals surface area contributed by atoms with Crippen LogP contribution in [0.5, 0.6) is 0 Å². The number of hydrogen-bond donors (Lipinski definition) is 0. The van der Waals surface area contributed by atoms with Crippen LogP contribution in [0.15, 0.2) is 35.5 Å². The summed E-state index contributed by atoms with van der Waals surface area (Å²) < 4.78 is 1.76. The third-order valence-corrected chi connectivity index (χ3v) is 4.89. The summed E-state index contributed by atoms with van der Waals surface area (Å²) in [5.41, 5.74) is 4.48. The van der Waals surface area contributed by atoms with E-state index in [0.717, 1.165) is 23.4 Å². The molecule has 0 saturated heterocycles. The molecule has 24 heavy (non-hydrogen) atoms. The molecule has 0 aliphatic heterocycles. The minimum atomic E-state index is 0.592. The number of nitriles is 1. The largest absolute Gasteiger partial charge is 0.362 e. The van der Waals surface area contributed by atoms with Crippen LogP contribution in [0.4, 0.5) is 5.82 Å². The Balaban J connectivity index is 2.19. The molecule has 0 aliphatic carbocycles. The summed E-state index contributed by atoms with van der Waals surface area (Å²) in [5.74, 6) is 0.966. The van der Waals surface area contributed by atoms with Gasteiger partial charge in [0.25, 0.3) is 0 Å². The number of thioether (sulfide) groups is 1. The van der Waals surface area contributed by atoms with Crippen LogP contribution in [0.2, 0.25) is 0 Å². The van der Waals surface area contributed by atoms with E-state index in [4.69, 9.17) is 0 Å². The molecule has 0 bridgehead atoms. The zero-order valence-corrected chi connectivity index (χ0v) is 15.1. The van der Waals surface area contributed by atoms with Gasteiger partial charge in [-0.05, 0) is 36.4 Å². The van der Waals surface area contributed by atoms with E-state index in [1.165, 1.54) is 16.8 Å². The Kier molecular flexibility index (Phi) is 4.45. The first kappa shape index (κ1) is 16.3. The zero-order chi connectivity index (χ0) is 17.3. The van der Waals surface area contributed by atoms with Crippen molar-refractivity contribution in [3.05, 3.63) is 52.8 Å². The van der Waals surface area contributed by atoms with Crippen LogP contribution < -0.4 is 4.90 Å². The molecule has 1 aromatic carbocycles. The molecule has 0 saturated carbocycles. The SMILES string of the molecule is CSc1ccc(Cc2c(C)c(C#N)c3ncnn3c2N(C)C)cc1. The van der Waals surface area contributed by atoms with Crippen molar-refractivity contribution < 1.29 is 0 Å². The fraction of sp³-hybridized carbons (Fsp3) is 0.278. The summed E-state index contributed by atoms with van der Waals surface area (Å²) in [6, 6.07) is 10.8. The molecule has 0 spiro atoms. The third-order valence-electron chi connectivity index (χ3n) is 4.14. The molecule has 5 nitrogen and oxygen atoms in total. The van der Waals surface area contributed by atoms with Crippen molar-refractivity contribution in [1.29, 1.82) is 5.26 Å². The van der Waals surface area contributed by atoms with Gasteiger partial charge in [-0.3, -0.25) is 0 Å². The number of benzene rings is 1. The first-order valence-electron chi connectivity index (χ1n) is 7.62. The highest BCUT2D eigenvalue weighted by Gasteiger charge is 2.20. The van der Waals surface area contributed by atoms with E-state index in [2.05, 4.69) is 46.7 Å². The standard InChI is InChI=1S/C18H19N5S/c1-12-15(9-13-5-7-14(24-4)8-6-13)18(22(2)3)23-17(16(12)10-19)20-11-21-23/h5-8,11H,9H2,1-4H3. The van der Waals surface area contributed by atoms with Gasteiger partial charge in [-0.2, -0.15) is 14.9 Å². The lowest BCUT2D eigenvalue weighted by Crippen LogP contribution is -2.18. The highest BCUT2D eigenvalue weighted by Crippen LogP contribution is 2.30. The van der Waals surface area contributed by atoms with Crippen LogP contribution in [-0.2, 0) is 6.42 Å². The Morgan fingerprint density at radius 2 is 1.96 bits per heavy atom. The molecule has 2 heterocycles. The predicted molar refractivity (Wildman–Crippen MR) is 97.8 cm³/mol. The Hall–Kier alpha value is -2.52. The van der Waals surface area contributed by atoms with Crippen LogP contribution in [0.25, 0.3) is 5.65 Å². The normalized spacial score (nSPS) is 10.8.